The second kappa shape index (κ2) is 7.66. The Hall–Kier alpha value is -1.05. The number of rotatable bonds is 6. The maximum absolute atomic E-state index is 12.2. The predicted octanol–water partition coefficient (Wildman–Crippen LogP) is 1.21. The SMILES string of the molecule is C#CC(CC)(CC)NC(=O)CN1CCC(C)C(CN)C1. The molecule has 0 saturated carbocycles. The van der Waals surface area contributed by atoms with Crippen molar-refractivity contribution in [1.82, 2.24) is 10.2 Å². The third kappa shape index (κ3) is 4.22. The molecule has 4 heteroatoms. The number of terminal acetylenes is 1. The van der Waals surface area contributed by atoms with Crippen molar-refractivity contribution in [2.75, 3.05) is 26.2 Å². The number of nitrogens with zero attached hydrogens (tertiary/aromatic N) is 1. The van der Waals surface area contributed by atoms with Crippen molar-refractivity contribution in [2.24, 2.45) is 17.6 Å². The van der Waals surface area contributed by atoms with E-state index < -0.39 is 5.54 Å². The van der Waals surface area contributed by atoms with E-state index in [1.165, 1.54) is 0 Å². The average Bonchev–Trinajstić information content (AvgIpc) is 2.47. The molecule has 20 heavy (non-hydrogen) atoms. The van der Waals surface area contributed by atoms with Crippen LogP contribution in [0.4, 0.5) is 0 Å². The first kappa shape index (κ1) is 17.0. The van der Waals surface area contributed by atoms with Gasteiger partial charge in [0.1, 0.15) is 5.54 Å². The van der Waals surface area contributed by atoms with E-state index in [9.17, 15) is 4.79 Å². The fraction of sp³-hybridized carbons (Fsp3) is 0.812. The van der Waals surface area contributed by atoms with Gasteiger partial charge in [-0.1, -0.05) is 26.7 Å². The summed E-state index contributed by atoms with van der Waals surface area (Å²) >= 11 is 0. The minimum Gasteiger partial charge on any atom is -0.339 e. The summed E-state index contributed by atoms with van der Waals surface area (Å²) in [7, 11) is 0. The molecule has 114 valence electrons. The summed E-state index contributed by atoms with van der Waals surface area (Å²) in [5.41, 5.74) is 5.31. The number of nitrogens with two attached hydrogens (primary N) is 1. The topological polar surface area (TPSA) is 58.4 Å². The van der Waals surface area contributed by atoms with Gasteiger partial charge in [0.15, 0.2) is 0 Å². The molecule has 3 N–H and O–H groups in total. The standard InChI is InChI=1S/C16H29N3O/c1-5-16(6-2,7-3)18-15(20)12-19-9-8-13(4)14(10-17)11-19/h1,13-14H,6-12,17H2,2-4H3,(H,18,20). The highest BCUT2D eigenvalue weighted by Gasteiger charge is 2.29. The van der Waals surface area contributed by atoms with E-state index in [2.05, 4.69) is 23.1 Å². The summed E-state index contributed by atoms with van der Waals surface area (Å²) in [6, 6.07) is 0. The summed E-state index contributed by atoms with van der Waals surface area (Å²) in [5.74, 6) is 3.91. The van der Waals surface area contributed by atoms with Crippen molar-refractivity contribution in [3.63, 3.8) is 0 Å². The Morgan fingerprint density at radius 1 is 1.50 bits per heavy atom. The Balaban J connectivity index is 2.53. The van der Waals surface area contributed by atoms with Crippen molar-refractivity contribution in [2.45, 2.75) is 45.6 Å². The highest BCUT2D eigenvalue weighted by molar-refractivity contribution is 5.79. The Bertz CT molecular complexity index is 357. The largest absolute Gasteiger partial charge is 0.339 e. The van der Waals surface area contributed by atoms with Gasteiger partial charge in [-0.3, -0.25) is 9.69 Å². The number of carbonyl (C=O) groups excluding carboxylic acids is 1. The van der Waals surface area contributed by atoms with Gasteiger partial charge >= 0.3 is 0 Å². The van der Waals surface area contributed by atoms with Gasteiger partial charge in [0.05, 0.1) is 6.54 Å². The zero-order valence-corrected chi connectivity index (χ0v) is 13.1. The lowest BCUT2D eigenvalue weighted by molar-refractivity contribution is -0.124. The highest BCUT2D eigenvalue weighted by Crippen LogP contribution is 2.22. The Morgan fingerprint density at radius 3 is 2.65 bits per heavy atom. The van der Waals surface area contributed by atoms with Crippen molar-refractivity contribution < 1.29 is 4.79 Å². The smallest absolute Gasteiger partial charge is 0.235 e. The maximum atomic E-state index is 12.2. The number of piperidine rings is 1. The van der Waals surface area contributed by atoms with E-state index in [1.54, 1.807) is 0 Å². The first-order valence-corrected chi connectivity index (χ1v) is 7.71. The van der Waals surface area contributed by atoms with Crippen LogP contribution in [0.3, 0.4) is 0 Å². The van der Waals surface area contributed by atoms with Crippen LogP contribution in [0.2, 0.25) is 0 Å². The van der Waals surface area contributed by atoms with E-state index in [4.69, 9.17) is 12.2 Å². The Labute approximate surface area is 123 Å². The van der Waals surface area contributed by atoms with Crippen LogP contribution in [0.5, 0.6) is 0 Å². The fourth-order valence-corrected chi connectivity index (χ4v) is 2.85. The number of carbonyl (C=O) groups is 1. The van der Waals surface area contributed by atoms with Gasteiger partial charge in [0.25, 0.3) is 0 Å². The first-order valence-electron chi connectivity index (χ1n) is 7.71. The monoisotopic (exact) mass is 279 g/mol. The van der Waals surface area contributed by atoms with Crippen LogP contribution < -0.4 is 11.1 Å². The van der Waals surface area contributed by atoms with E-state index in [-0.39, 0.29) is 5.91 Å². The molecule has 0 spiro atoms. The summed E-state index contributed by atoms with van der Waals surface area (Å²) in [6.45, 7) is 9.25. The molecule has 1 heterocycles. The van der Waals surface area contributed by atoms with E-state index in [0.717, 1.165) is 32.4 Å². The van der Waals surface area contributed by atoms with Crippen LogP contribution in [0.25, 0.3) is 0 Å². The lowest BCUT2D eigenvalue weighted by Crippen LogP contribution is -2.52. The second-order valence-corrected chi connectivity index (χ2v) is 5.98. The van der Waals surface area contributed by atoms with E-state index in [0.29, 0.717) is 24.9 Å². The molecule has 0 radical (unpaired) electrons. The normalized spacial score (nSPS) is 24.1. The Kier molecular flexibility index (Phi) is 6.51. The van der Waals surface area contributed by atoms with Crippen molar-refractivity contribution in [3.05, 3.63) is 0 Å². The lowest BCUT2D eigenvalue weighted by Gasteiger charge is -2.37. The zero-order valence-electron chi connectivity index (χ0n) is 13.1. The summed E-state index contributed by atoms with van der Waals surface area (Å²) in [6.07, 6.45) is 8.20. The molecule has 0 aromatic heterocycles. The van der Waals surface area contributed by atoms with Crippen LogP contribution >= 0.6 is 0 Å². The number of nitrogens with one attached hydrogen (secondary N) is 1. The third-order valence-electron chi connectivity index (χ3n) is 4.73. The fourth-order valence-electron chi connectivity index (χ4n) is 2.85. The van der Waals surface area contributed by atoms with E-state index >= 15 is 0 Å². The Morgan fingerprint density at radius 2 is 2.15 bits per heavy atom. The van der Waals surface area contributed by atoms with Gasteiger partial charge in [-0.05, 0) is 44.2 Å². The molecule has 0 aromatic carbocycles. The summed E-state index contributed by atoms with van der Waals surface area (Å²) < 4.78 is 0. The minimum absolute atomic E-state index is 0.0250. The number of hydrogen-bond acceptors (Lipinski definition) is 3. The minimum atomic E-state index is -0.493. The van der Waals surface area contributed by atoms with Gasteiger partial charge in [-0.2, -0.15) is 0 Å². The zero-order chi connectivity index (χ0) is 15.2. The van der Waals surface area contributed by atoms with Crippen LogP contribution in [-0.2, 0) is 4.79 Å². The molecule has 1 fully saturated rings. The van der Waals surface area contributed by atoms with Crippen LogP contribution in [0.1, 0.15) is 40.0 Å². The molecule has 1 aliphatic rings. The van der Waals surface area contributed by atoms with Crippen LogP contribution in [0.15, 0.2) is 0 Å². The first-order chi connectivity index (χ1) is 9.50. The second-order valence-electron chi connectivity index (χ2n) is 5.98. The summed E-state index contributed by atoms with van der Waals surface area (Å²) in [5, 5.41) is 3.02. The van der Waals surface area contributed by atoms with E-state index in [1.807, 2.05) is 13.8 Å². The predicted molar refractivity (Wildman–Crippen MR) is 83.1 cm³/mol. The third-order valence-corrected chi connectivity index (χ3v) is 4.73. The quantitative estimate of drug-likeness (QED) is 0.719. The molecule has 1 rings (SSSR count). The van der Waals surface area contributed by atoms with Gasteiger partial charge in [0.2, 0.25) is 5.91 Å². The molecule has 2 atom stereocenters. The molecular weight excluding hydrogens is 250 g/mol. The molecule has 1 saturated heterocycles. The molecular formula is C16H29N3O. The number of amides is 1. The van der Waals surface area contributed by atoms with Gasteiger partial charge in [-0.25, -0.2) is 0 Å². The highest BCUT2D eigenvalue weighted by atomic mass is 16.2. The van der Waals surface area contributed by atoms with Crippen LogP contribution in [-0.4, -0.2) is 42.5 Å². The molecule has 0 bridgehead atoms. The van der Waals surface area contributed by atoms with Crippen molar-refractivity contribution >= 4 is 5.91 Å². The van der Waals surface area contributed by atoms with Crippen LogP contribution in [0, 0.1) is 24.2 Å². The number of hydrogen-bond donors (Lipinski definition) is 2. The van der Waals surface area contributed by atoms with Crippen molar-refractivity contribution in [1.29, 1.82) is 0 Å². The van der Waals surface area contributed by atoms with Gasteiger partial charge in [0, 0.05) is 6.54 Å². The molecule has 4 nitrogen and oxygen atoms in total. The van der Waals surface area contributed by atoms with Crippen molar-refractivity contribution in [3.8, 4) is 12.3 Å². The average molecular weight is 279 g/mol. The molecule has 1 amide bonds. The van der Waals surface area contributed by atoms with Gasteiger partial charge in [-0.15, -0.1) is 6.42 Å². The molecule has 1 aliphatic heterocycles. The van der Waals surface area contributed by atoms with Gasteiger partial charge < -0.3 is 11.1 Å². The maximum Gasteiger partial charge on any atom is 0.235 e. The molecule has 0 aliphatic carbocycles. The molecule has 2 unspecified atom stereocenters. The lowest BCUT2D eigenvalue weighted by atomic mass is 9.87. The molecule has 0 aromatic rings. The summed E-state index contributed by atoms with van der Waals surface area (Å²) in [4.78, 5) is 14.4. The number of likely N-dealkylation sites (tertiary alicyclic amines) is 1.